The zero-order valence-electron chi connectivity index (χ0n) is 15.3. The van der Waals surface area contributed by atoms with E-state index >= 15 is 0 Å². The summed E-state index contributed by atoms with van der Waals surface area (Å²) in [6.07, 6.45) is 1.36. The molecule has 0 bridgehead atoms. The van der Waals surface area contributed by atoms with Gasteiger partial charge in [-0.05, 0) is 42.0 Å². The van der Waals surface area contributed by atoms with Gasteiger partial charge in [0.1, 0.15) is 17.4 Å². The summed E-state index contributed by atoms with van der Waals surface area (Å²) >= 11 is 1.20. The third-order valence-electron chi connectivity index (χ3n) is 4.92. The highest BCUT2D eigenvalue weighted by Gasteiger charge is 2.33. The number of thiophene rings is 1. The van der Waals surface area contributed by atoms with Crippen LogP contribution in [0.2, 0.25) is 0 Å². The lowest BCUT2D eigenvalue weighted by Crippen LogP contribution is -2.45. The summed E-state index contributed by atoms with van der Waals surface area (Å²) in [5.41, 5.74) is 0.913. The van der Waals surface area contributed by atoms with Gasteiger partial charge in [-0.1, -0.05) is 12.1 Å². The standard InChI is InChI=1S/C19H22N2O5S2/c22-19(20-12-14-5-6-16-17(11-14)26-9-8-25-16)15-3-1-7-21(13-15)28(23,24)18-4-2-10-27-18/h2,4-6,10-11,15H,1,3,7-9,12-13H2,(H,20,22). The van der Waals surface area contributed by atoms with Crippen molar-refractivity contribution in [2.75, 3.05) is 26.3 Å². The third kappa shape index (κ3) is 4.01. The number of piperidine rings is 1. The first kappa shape index (κ1) is 19.2. The number of hydrogen-bond donors (Lipinski definition) is 1. The van der Waals surface area contributed by atoms with Crippen LogP contribution in [0.4, 0.5) is 0 Å². The van der Waals surface area contributed by atoms with Crippen molar-refractivity contribution in [3.63, 3.8) is 0 Å². The molecule has 4 rings (SSSR count). The summed E-state index contributed by atoms with van der Waals surface area (Å²) in [6, 6.07) is 8.92. The number of rotatable bonds is 5. The van der Waals surface area contributed by atoms with E-state index in [-0.39, 0.29) is 18.4 Å². The summed E-state index contributed by atoms with van der Waals surface area (Å²) in [4.78, 5) is 12.6. The zero-order chi connectivity index (χ0) is 19.6. The minimum absolute atomic E-state index is 0.124. The van der Waals surface area contributed by atoms with E-state index in [1.807, 2.05) is 18.2 Å². The highest BCUT2D eigenvalue weighted by atomic mass is 32.2. The van der Waals surface area contributed by atoms with Crippen molar-refractivity contribution in [3.05, 3.63) is 41.3 Å². The van der Waals surface area contributed by atoms with E-state index < -0.39 is 10.0 Å². The number of benzene rings is 1. The highest BCUT2D eigenvalue weighted by molar-refractivity contribution is 7.91. The normalized spacial score (nSPS) is 19.9. The number of ether oxygens (including phenoxy) is 2. The van der Waals surface area contributed by atoms with Crippen molar-refractivity contribution in [3.8, 4) is 11.5 Å². The molecule has 1 unspecified atom stereocenters. The van der Waals surface area contributed by atoms with Crippen molar-refractivity contribution in [1.82, 2.24) is 9.62 Å². The summed E-state index contributed by atoms with van der Waals surface area (Å²) in [5, 5.41) is 4.67. The molecule has 1 atom stereocenters. The molecule has 1 aromatic carbocycles. The Hall–Kier alpha value is -2.10. The maximum absolute atomic E-state index is 12.7. The van der Waals surface area contributed by atoms with E-state index in [0.29, 0.717) is 54.9 Å². The van der Waals surface area contributed by atoms with Crippen molar-refractivity contribution < 1.29 is 22.7 Å². The number of hydrogen-bond acceptors (Lipinski definition) is 6. The van der Waals surface area contributed by atoms with Gasteiger partial charge in [-0.3, -0.25) is 4.79 Å². The van der Waals surface area contributed by atoms with Crippen LogP contribution >= 0.6 is 11.3 Å². The Morgan fingerprint density at radius 3 is 2.82 bits per heavy atom. The molecule has 1 N–H and O–H groups in total. The Bertz CT molecular complexity index is 943. The van der Waals surface area contributed by atoms with Crippen LogP contribution in [-0.2, 0) is 21.4 Å². The third-order valence-corrected chi connectivity index (χ3v) is 8.16. The van der Waals surface area contributed by atoms with Crippen LogP contribution < -0.4 is 14.8 Å². The minimum Gasteiger partial charge on any atom is -0.486 e. The number of nitrogens with zero attached hydrogens (tertiary/aromatic N) is 1. The summed E-state index contributed by atoms with van der Waals surface area (Å²) in [7, 11) is -3.52. The molecule has 9 heteroatoms. The maximum atomic E-state index is 12.7. The molecule has 1 amide bonds. The van der Waals surface area contributed by atoms with Crippen molar-refractivity contribution in [2.24, 2.45) is 5.92 Å². The number of sulfonamides is 1. The average molecular weight is 423 g/mol. The van der Waals surface area contributed by atoms with Gasteiger partial charge in [-0.15, -0.1) is 11.3 Å². The molecule has 1 fully saturated rings. The van der Waals surface area contributed by atoms with Crippen molar-refractivity contribution in [1.29, 1.82) is 0 Å². The maximum Gasteiger partial charge on any atom is 0.252 e. The van der Waals surface area contributed by atoms with Gasteiger partial charge in [0.2, 0.25) is 5.91 Å². The lowest BCUT2D eigenvalue weighted by molar-refractivity contribution is -0.126. The van der Waals surface area contributed by atoms with Gasteiger partial charge in [-0.2, -0.15) is 4.31 Å². The first-order valence-corrected chi connectivity index (χ1v) is 11.6. The number of carbonyl (C=O) groups is 1. The van der Waals surface area contributed by atoms with E-state index in [2.05, 4.69) is 5.32 Å². The van der Waals surface area contributed by atoms with Crippen molar-refractivity contribution in [2.45, 2.75) is 23.6 Å². The summed E-state index contributed by atoms with van der Waals surface area (Å²) in [6.45, 7) is 2.08. The molecule has 0 saturated carbocycles. The summed E-state index contributed by atoms with van der Waals surface area (Å²) in [5.74, 6) is 0.925. The zero-order valence-corrected chi connectivity index (χ0v) is 16.9. The second kappa shape index (κ2) is 8.10. The molecule has 1 saturated heterocycles. The highest BCUT2D eigenvalue weighted by Crippen LogP contribution is 2.31. The van der Waals surface area contributed by atoms with Crippen LogP contribution in [0.3, 0.4) is 0 Å². The largest absolute Gasteiger partial charge is 0.486 e. The van der Waals surface area contributed by atoms with Crippen LogP contribution in [0.25, 0.3) is 0 Å². The Kier molecular flexibility index (Phi) is 5.56. The Morgan fingerprint density at radius 1 is 1.21 bits per heavy atom. The average Bonchev–Trinajstić information content (AvgIpc) is 3.28. The monoisotopic (exact) mass is 422 g/mol. The molecule has 0 aliphatic carbocycles. The fraction of sp³-hybridized carbons (Fsp3) is 0.421. The SMILES string of the molecule is O=C(NCc1ccc2c(c1)OCCO2)C1CCCN(S(=O)(=O)c2cccs2)C1. The molecule has 3 heterocycles. The molecule has 2 aromatic rings. The lowest BCUT2D eigenvalue weighted by atomic mass is 9.98. The molecular weight excluding hydrogens is 400 g/mol. The molecule has 0 spiro atoms. The first-order chi connectivity index (χ1) is 13.5. The van der Waals surface area contributed by atoms with Gasteiger partial charge in [0.15, 0.2) is 11.5 Å². The van der Waals surface area contributed by atoms with Crippen LogP contribution in [0.15, 0.2) is 39.9 Å². The Balaban J connectivity index is 1.37. The predicted octanol–water partition coefficient (Wildman–Crippen LogP) is 2.24. The summed E-state index contributed by atoms with van der Waals surface area (Å²) < 4.78 is 38.2. The smallest absolute Gasteiger partial charge is 0.252 e. The number of amides is 1. The molecule has 2 aliphatic heterocycles. The fourth-order valence-electron chi connectivity index (χ4n) is 3.44. The number of nitrogens with one attached hydrogen (secondary N) is 1. The lowest BCUT2D eigenvalue weighted by Gasteiger charge is -2.30. The van der Waals surface area contributed by atoms with E-state index in [1.54, 1.807) is 17.5 Å². The van der Waals surface area contributed by atoms with E-state index in [9.17, 15) is 13.2 Å². The van der Waals surface area contributed by atoms with Crippen LogP contribution in [0.1, 0.15) is 18.4 Å². The second-order valence-electron chi connectivity index (χ2n) is 6.83. The molecule has 0 radical (unpaired) electrons. The number of fused-ring (bicyclic) bond motifs is 1. The van der Waals surface area contributed by atoms with Crippen LogP contribution in [-0.4, -0.2) is 44.9 Å². The van der Waals surface area contributed by atoms with E-state index in [4.69, 9.17) is 9.47 Å². The minimum atomic E-state index is -3.52. The van der Waals surface area contributed by atoms with Gasteiger partial charge in [0.25, 0.3) is 10.0 Å². The van der Waals surface area contributed by atoms with Gasteiger partial charge in [-0.25, -0.2) is 8.42 Å². The molecule has 7 nitrogen and oxygen atoms in total. The predicted molar refractivity (Wildman–Crippen MR) is 105 cm³/mol. The topological polar surface area (TPSA) is 84.9 Å². The Labute approximate surface area is 168 Å². The second-order valence-corrected chi connectivity index (χ2v) is 9.94. The molecule has 1 aromatic heterocycles. The van der Waals surface area contributed by atoms with Gasteiger partial charge < -0.3 is 14.8 Å². The van der Waals surface area contributed by atoms with Crippen LogP contribution in [0.5, 0.6) is 11.5 Å². The number of carbonyl (C=O) groups excluding carboxylic acids is 1. The van der Waals surface area contributed by atoms with E-state index in [1.165, 1.54) is 15.6 Å². The van der Waals surface area contributed by atoms with Gasteiger partial charge in [0.05, 0.1) is 5.92 Å². The van der Waals surface area contributed by atoms with E-state index in [0.717, 1.165) is 5.56 Å². The molecule has 2 aliphatic rings. The first-order valence-electron chi connectivity index (χ1n) is 9.24. The van der Waals surface area contributed by atoms with Gasteiger partial charge in [0, 0.05) is 19.6 Å². The fourth-order valence-corrected chi connectivity index (χ4v) is 6.11. The molecule has 28 heavy (non-hydrogen) atoms. The van der Waals surface area contributed by atoms with Crippen molar-refractivity contribution >= 4 is 27.3 Å². The molecule has 150 valence electrons. The van der Waals surface area contributed by atoms with Gasteiger partial charge >= 0.3 is 0 Å². The quantitative estimate of drug-likeness (QED) is 0.799. The van der Waals surface area contributed by atoms with Crippen LogP contribution in [0, 0.1) is 5.92 Å². The molecular formula is C19H22N2O5S2. The Morgan fingerprint density at radius 2 is 2.04 bits per heavy atom.